The first-order valence-corrected chi connectivity index (χ1v) is 10.8. The van der Waals surface area contributed by atoms with Crippen molar-refractivity contribution in [2.75, 3.05) is 5.32 Å². The number of hydrogen-bond acceptors (Lipinski definition) is 4. The highest BCUT2D eigenvalue weighted by molar-refractivity contribution is 7.80. The van der Waals surface area contributed by atoms with Crippen LogP contribution in [0.1, 0.15) is 67.3 Å². The van der Waals surface area contributed by atoms with Crippen molar-refractivity contribution in [1.29, 1.82) is 0 Å². The molecule has 0 aromatic heterocycles. The monoisotopic (exact) mass is 454 g/mol. The van der Waals surface area contributed by atoms with E-state index in [1.807, 2.05) is 26.0 Å². The molecule has 0 atom stereocenters. The molecule has 0 saturated heterocycles. The molecular formula is C24H30N4O3S. The summed E-state index contributed by atoms with van der Waals surface area (Å²) in [4.78, 5) is 36.4. The van der Waals surface area contributed by atoms with E-state index in [9.17, 15) is 14.4 Å². The first-order valence-electron chi connectivity index (χ1n) is 10.4. The van der Waals surface area contributed by atoms with Gasteiger partial charge in [0, 0.05) is 23.2 Å². The molecule has 0 fully saturated rings. The molecule has 2 aromatic carbocycles. The van der Waals surface area contributed by atoms with Gasteiger partial charge in [-0.1, -0.05) is 46.8 Å². The fraction of sp³-hybridized carbons (Fsp3) is 0.333. The molecule has 0 aliphatic heterocycles. The van der Waals surface area contributed by atoms with Crippen LogP contribution in [0.5, 0.6) is 0 Å². The second-order valence-electron chi connectivity index (χ2n) is 8.91. The molecule has 0 unspecified atom stereocenters. The van der Waals surface area contributed by atoms with E-state index in [2.05, 4.69) is 42.3 Å². The third-order valence-electron chi connectivity index (χ3n) is 4.55. The van der Waals surface area contributed by atoms with Crippen LogP contribution in [0.2, 0.25) is 0 Å². The normalized spacial score (nSPS) is 10.9. The fourth-order valence-electron chi connectivity index (χ4n) is 2.80. The van der Waals surface area contributed by atoms with E-state index in [-0.39, 0.29) is 28.3 Å². The number of amides is 3. The molecule has 0 bridgehead atoms. The van der Waals surface area contributed by atoms with Crippen LogP contribution in [-0.2, 0) is 10.2 Å². The predicted molar refractivity (Wildman–Crippen MR) is 130 cm³/mol. The molecule has 32 heavy (non-hydrogen) atoms. The molecule has 0 spiro atoms. The maximum absolute atomic E-state index is 12.3. The number of hydrogen-bond donors (Lipinski definition) is 4. The van der Waals surface area contributed by atoms with Gasteiger partial charge in [-0.05, 0) is 65.5 Å². The second-order valence-corrected chi connectivity index (χ2v) is 9.32. The third-order valence-corrected chi connectivity index (χ3v) is 4.76. The highest BCUT2D eigenvalue weighted by Crippen LogP contribution is 2.22. The number of hydrazine groups is 1. The van der Waals surface area contributed by atoms with Gasteiger partial charge < -0.3 is 5.32 Å². The van der Waals surface area contributed by atoms with Gasteiger partial charge >= 0.3 is 0 Å². The summed E-state index contributed by atoms with van der Waals surface area (Å²) < 4.78 is 0. The smallest absolute Gasteiger partial charge is 0.269 e. The summed E-state index contributed by atoms with van der Waals surface area (Å²) in [5.74, 6) is -0.624. The lowest BCUT2D eigenvalue weighted by atomic mass is 9.87. The van der Waals surface area contributed by atoms with E-state index < -0.39 is 5.91 Å². The number of nitrogens with one attached hydrogen (secondary N) is 4. The Morgan fingerprint density at radius 2 is 1.38 bits per heavy atom. The number of rotatable bonds is 5. The number of carbonyl (C=O) groups is 3. The maximum Gasteiger partial charge on any atom is 0.269 e. The predicted octanol–water partition coefficient (Wildman–Crippen LogP) is 3.92. The number of carbonyl (C=O) groups excluding carboxylic acids is 3. The van der Waals surface area contributed by atoms with E-state index in [4.69, 9.17) is 12.2 Å². The Morgan fingerprint density at radius 3 is 1.91 bits per heavy atom. The summed E-state index contributed by atoms with van der Waals surface area (Å²) in [6, 6.07) is 13.7. The van der Waals surface area contributed by atoms with Crippen LogP contribution in [-0.4, -0.2) is 22.8 Å². The zero-order valence-electron chi connectivity index (χ0n) is 19.0. The number of benzene rings is 2. The Balaban J connectivity index is 1.84. The SMILES string of the molecule is CC(C)CC(=O)Nc1ccc(C(=O)NNC(=S)NC(=O)c2ccc(C(C)(C)C)cc2)cc1. The van der Waals surface area contributed by atoms with Gasteiger partial charge in [-0.2, -0.15) is 0 Å². The van der Waals surface area contributed by atoms with Crippen LogP contribution >= 0.6 is 12.2 Å². The van der Waals surface area contributed by atoms with Gasteiger partial charge in [0.1, 0.15) is 0 Å². The van der Waals surface area contributed by atoms with E-state index >= 15 is 0 Å². The lowest BCUT2D eigenvalue weighted by molar-refractivity contribution is -0.116. The average molecular weight is 455 g/mol. The van der Waals surface area contributed by atoms with Crippen molar-refractivity contribution in [2.45, 2.75) is 46.5 Å². The lowest BCUT2D eigenvalue weighted by Crippen LogP contribution is -2.48. The third kappa shape index (κ3) is 7.77. The summed E-state index contributed by atoms with van der Waals surface area (Å²) in [5, 5.41) is 5.28. The minimum atomic E-state index is -0.434. The molecule has 3 amide bonds. The minimum absolute atomic E-state index is 0.00593. The van der Waals surface area contributed by atoms with Crippen LogP contribution in [0.4, 0.5) is 5.69 Å². The molecule has 0 aliphatic rings. The Kier molecular flexibility index (Phi) is 8.48. The Hall–Kier alpha value is -3.26. The summed E-state index contributed by atoms with van der Waals surface area (Å²) >= 11 is 5.08. The molecule has 0 aliphatic carbocycles. The summed E-state index contributed by atoms with van der Waals surface area (Å²) in [6.45, 7) is 10.2. The zero-order chi connectivity index (χ0) is 23.9. The largest absolute Gasteiger partial charge is 0.326 e. The first-order chi connectivity index (χ1) is 15.0. The molecule has 2 rings (SSSR count). The van der Waals surface area contributed by atoms with Gasteiger partial charge in [0.05, 0.1) is 0 Å². The van der Waals surface area contributed by atoms with Crippen LogP contribution < -0.4 is 21.5 Å². The summed E-state index contributed by atoms with van der Waals surface area (Å²) in [7, 11) is 0. The van der Waals surface area contributed by atoms with Crippen LogP contribution in [0, 0.1) is 5.92 Å². The van der Waals surface area contributed by atoms with E-state index in [0.717, 1.165) is 5.56 Å². The Bertz CT molecular complexity index is 978. The van der Waals surface area contributed by atoms with Crippen molar-refractivity contribution in [1.82, 2.24) is 16.2 Å². The molecule has 170 valence electrons. The van der Waals surface area contributed by atoms with Gasteiger partial charge in [0.25, 0.3) is 11.8 Å². The van der Waals surface area contributed by atoms with E-state index in [1.165, 1.54) is 0 Å². The molecule has 0 saturated carbocycles. The van der Waals surface area contributed by atoms with E-state index in [0.29, 0.717) is 23.2 Å². The van der Waals surface area contributed by atoms with Crippen molar-refractivity contribution < 1.29 is 14.4 Å². The van der Waals surface area contributed by atoms with Crippen molar-refractivity contribution >= 4 is 40.7 Å². The Morgan fingerprint density at radius 1 is 0.844 bits per heavy atom. The number of thiocarbonyl (C=S) groups is 1. The standard InChI is InChI=1S/C24H30N4O3S/c1-15(2)14-20(29)25-19-12-8-17(9-13-19)22(31)27-28-23(32)26-21(30)16-6-10-18(11-7-16)24(3,4)5/h6-13,15H,14H2,1-5H3,(H,25,29)(H,27,31)(H2,26,28,30,32). The van der Waals surface area contributed by atoms with Crippen molar-refractivity contribution in [3.63, 3.8) is 0 Å². The molecule has 0 heterocycles. The minimum Gasteiger partial charge on any atom is -0.326 e. The lowest BCUT2D eigenvalue weighted by Gasteiger charge is -2.19. The van der Waals surface area contributed by atoms with Crippen molar-refractivity contribution in [2.24, 2.45) is 5.92 Å². The molecular weight excluding hydrogens is 424 g/mol. The van der Waals surface area contributed by atoms with Crippen LogP contribution in [0.25, 0.3) is 0 Å². The molecule has 8 heteroatoms. The average Bonchev–Trinajstić information content (AvgIpc) is 2.71. The molecule has 4 N–H and O–H groups in total. The second kappa shape index (κ2) is 10.9. The molecule has 7 nitrogen and oxygen atoms in total. The summed E-state index contributed by atoms with van der Waals surface area (Å²) in [5.41, 5.74) is 7.51. The molecule has 0 radical (unpaired) electrons. The van der Waals surface area contributed by atoms with Crippen LogP contribution in [0.15, 0.2) is 48.5 Å². The zero-order valence-corrected chi connectivity index (χ0v) is 19.9. The first kappa shape index (κ1) is 25.0. The van der Waals surface area contributed by atoms with Gasteiger partial charge in [-0.3, -0.25) is 30.6 Å². The van der Waals surface area contributed by atoms with Crippen molar-refractivity contribution in [3.8, 4) is 0 Å². The van der Waals surface area contributed by atoms with Gasteiger partial charge in [-0.15, -0.1) is 0 Å². The quantitative estimate of drug-likeness (QED) is 0.405. The molecule has 2 aromatic rings. The maximum atomic E-state index is 12.3. The van der Waals surface area contributed by atoms with E-state index in [1.54, 1.807) is 36.4 Å². The van der Waals surface area contributed by atoms with Crippen molar-refractivity contribution in [3.05, 3.63) is 65.2 Å². The fourth-order valence-corrected chi connectivity index (χ4v) is 2.95. The highest BCUT2D eigenvalue weighted by Gasteiger charge is 2.15. The number of anilines is 1. The van der Waals surface area contributed by atoms with Gasteiger partial charge in [-0.25, -0.2) is 0 Å². The topological polar surface area (TPSA) is 99.3 Å². The van der Waals surface area contributed by atoms with Gasteiger partial charge in [0.2, 0.25) is 5.91 Å². The van der Waals surface area contributed by atoms with Crippen LogP contribution in [0.3, 0.4) is 0 Å². The Labute approximate surface area is 194 Å². The van der Waals surface area contributed by atoms with Gasteiger partial charge in [0.15, 0.2) is 5.11 Å². The summed E-state index contributed by atoms with van der Waals surface area (Å²) in [6.07, 6.45) is 0.427. The highest BCUT2D eigenvalue weighted by atomic mass is 32.1.